The predicted molar refractivity (Wildman–Crippen MR) is 120 cm³/mol. The van der Waals surface area contributed by atoms with Crippen LogP contribution in [-0.4, -0.2) is 51.2 Å². The van der Waals surface area contributed by atoms with E-state index in [9.17, 15) is 13.2 Å². The van der Waals surface area contributed by atoms with E-state index < -0.39 is 10.0 Å². The number of carbonyl (C=O) groups is 1. The van der Waals surface area contributed by atoms with Crippen LogP contribution in [-0.2, 0) is 16.4 Å². The van der Waals surface area contributed by atoms with Gasteiger partial charge in [-0.15, -0.1) is 0 Å². The standard InChI is InChI=1S/C24H28N2O4S/c1-31(28,29)26-13-5-6-17-14-18(9-11-22(17)26)24(27)25-15-19-10-12-23(21(19)16-25)30-20-7-3-2-4-8-20/h2-4,7-9,11,14,19,21,23H,5-6,10,12-13,15-16H2,1H3/t19-,21+,23-/m0/s1. The van der Waals surface area contributed by atoms with Gasteiger partial charge < -0.3 is 9.64 Å². The van der Waals surface area contributed by atoms with Gasteiger partial charge in [0.2, 0.25) is 10.0 Å². The summed E-state index contributed by atoms with van der Waals surface area (Å²) in [6.07, 6.45) is 5.06. The van der Waals surface area contributed by atoms with E-state index in [0.29, 0.717) is 36.2 Å². The number of sulfonamides is 1. The molecule has 2 heterocycles. The fourth-order valence-electron chi connectivity index (χ4n) is 5.42. The number of anilines is 1. The van der Waals surface area contributed by atoms with E-state index in [1.54, 1.807) is 12.1 Å². The number of likely N-dealkylation sites (tertiary alicyclic amines) is 1. The third kappa shape index (κ3) is 3.91. The lowest BCUT2D eigenvalue weighted by Crippen LogP contribution is -2.35. The van der Waals surface area contributed by atoms with E-state index in [0.717, 1.165) is 43.5 Å². The van der Waals surface area contributed by atoms with Crippen LogP contribution >= 0.6 is 0 Å². The van der Waals surface area contributed by atoms with Crippen LogP contribution in [0.15, 0.2) is 48.5 Å². The molecule has 7 heteroatoms. The van der Waals surface area contributed by atoms with Crippen LogP contribution in [0.4, 0.5) is 5.69 Å². The fourth-order valence-corrected chi connectivity index (χ4v) is 6.42. The van der Waals surface area contributed by atoms with Gasteiger partial charge in [-0.3, -0.25) is 9.10 Å². The lowest BCUT2D eigenvalue weighted by Gasteiger charge is -2.29. The summed E-state index contributed by atoms with van der Waals surface area (Å²) in [5.74, 6) is 1.77. The largest absolute Gasteiger partial charge is 0.490 e. The molecule has 3 aliphatic rings. The first-order valence-corrected chi connectivity index (χ1v) is 12.9. The number of rotatable bonds is 4. The Kier molecular flexibility index (Phi) is 5.16. The second kappa shape index (κ2) is 7.86. The Balaban J connectivity index is 1.31. The van der Waals surface area contributed by atoms with Gasteiger partial charge in [-0.2, -0.15) is 0 Å². The van der Waals surface area contributed by atoms with Crippen LogP contribution in [0.5, 0.6) is 5.75 Å². The van der Waals surface area contributed by atoms with E-state index >= 15 is 0 Å². The number of carbonyl (C=O) groups excluding carboxylic acids is 1. The zero-order valence-electron chi connectivity index (χ0n) is 17.7. The van der Waals surface area contributed by atoms with Crippen LogP contribution in [0.25, 0.3) is 0 Å². The molecular weight excluding hydrogens is 412 g/mol. The topological polar surface area (TPSA) is 66.9 Å². The monoisotopic (exact) mass is 440 g/mol. The van der Waals surface area contributed by atoms with E-state index in [1.165, 1.54) is 10.6 Å². The minimum Gasteiger partial charge on any atom is -0.490 e. The second-order valence-electron chi connectivity index (χ2n) is 8.96. The van der Waals surface area contributed by atoms with E-state index in [4.69, 9.17) is 4.74 Å². The highest BCUT2D eigenvalue weighted by atomic mass is 32.2. The number of aryl methyl sites for hydroxylation is 1. The smallest absolute Gasteiger partial charge is 0.253 e. The molecule has 1 amide bonds. The Morgan fingerprint density at radius 2 is 1.87 bits per heavy atom. The van der Waals surface area contributed by atoms with Crippen molar-refractivity contribution in [3.8, 4) is 5.75 Å². The summed E-state index contributed by atoms with van der Waals surface area (Å²) in [5, 5.41) is 0. The van der Waals surface area contributed by atoms with Gasteiger partial charge in [0.15, 0.2) is 0 Å². The zero-order chi connectivity index (χ0) is 21.6. The van der Waals surface area contributed by atoms with Gasteiger partial charge in [-0.25, -0.2) is 8.42 Å². The number of hydrogen-bond donors (Lipinski definition) is 0. The van der Waals surface area contributed by atoms with Crippen molar-refractivity contribution in [2.75, 3.05) is 30.2 Å². The highest BCUT2D eigenvalue weighted by molar-refractivity contribution is 7.92. The van der Waals surface area contributed by atoms with Crippen LogP contribution < -0.4 is 9.04 Å². The summed E-state index contributed by atoms with van der Waals surface area (Å²) < 4.78 is 31.9. The number of para-hydroxylation sites is 1. The maximum absolute atomic E-state index is 13.3. The Morgan fingerprint density at radius 3 is 2.65 bits per heavy atom. The maximum Gasteiger partial charge on any atom is 0.253 e. The van der Waals surface area contributed by atoms with Crippen molar-refractivity contribution in [2.24, 2.45) is 11.8 Å². The molecule has 0 aromatic heterocycles. The quantitative estimate of drug-likeness (QED) is 0.732. The molecular formula is C24H28N2O4S. The van der Waals surface area contributed by atoms with Crippen molar-refractivity contribution < 1.29 is 17.9 Å². The van der Waals surface area contributed by atoms with E-state index in [-0.39, 0.29) is 12.0 Å². The van der Waals surface area contributed by atoms with Crippen LogP contribution in [0.2, 0.25) is 0 Å². The molecule has 3 atom stereocenters. The fraction of sp³-hybridized carbons (Fsp3) is 0.458. The van der Waals surface area contributed by atoms with Crippen LogP contribution in [0.1, 0.15) is 35.2 Å². The van der Waals surface area contributed by atoms with Crippen molar-refractivity contribution in [1.82, 2.24) is 4.90 Å². The van der Waals surface area contributed by atoms with Gasteiger partial charge >= 0.3 is 0 Å². The summed E-state index contributed by atoms with van der Waals surface area (Å²) in [6.45, 7) is 1.98. The first-order chi connectivity index (χ1) is 14.9. The molecule has 0 unspecified atom stereocenters. The summed E-state index contributed by atoms with van der Waals surface area (Å²) in [5.41, 5.74) is 2.29. The Labute approximate surface area is 183 Å². The molecule has 5 rings (SSSR count). The molecule has 2 fully saturated rings. The SMILES string of the molecule is CS(=O)(=O)N1CCCc2cc(C(=O)N3C[C@@H]4CC[C@H](Oc5ccccc5)[C@@H]4C3)ccc21. The second-order valence-corrected chi connectivity index (χ2v) is 10.9. The molecule has 1 saturated heterocycles. The third-order valence-corrected chi connectivity index (χ3v) is 8.09. The van der Waals surface area contributed by atoms with Gasteiger partial charge in [-0.1, -0.05) is 18.2 Å². The normalized spacial score (nSPS) is 25.3. The van der Waals surface area contributed by atoms with E-state index in [2.05, 4.69) is 0 Å². The molecule has 0 spiro atoms. The summed E-state index contributed by atoms with van der Waals surface area (Å²) in [4.78, 5) is 15.2. The van der Waals surface area contributed by atoms with Gasteiger partial charge in [-0.05, 0) is 67.5 Å². The molecule has 2 aliphatic heterocycles. The molecule has 1 saturated carbocycles. The number of nitrogens with zero attached hydrogens (tertiary/aromatic N) is 2. The Hall–Kier alpha value is -2.54. The molecule has 6 nitrogen and oxygen atoms in total. The number of ether oxygens (including phenoxy) is 1. The van der Waals surface area contributed by atoms with Crippen LogP contribution in [0, 0.1) is 11.8 Å². The predicted octanol–water partition coefficient (Wildman–Crippen LogP) is 3.33. The Morgan fingerprint density at radius 1 is 1.06 bits per heavy atom. The van der Waals surface area contributed by atoms with Crippen molar-refractivity contribution in [3.63, 3.8) is 0 Å². The highest BCUT2D eigenvalue weighted by Gasteiger charge is 2.45. The minimum absolute atomic E-state index is 0.0344. The number of amides is 1. The highest BCUT2D eigenvalue weighted by Crippen LogP contribution is 2.41. The van der Waals surface area contributed by atoms with Gasteiger partial charge in [0, 0.05) is 31.1 Å². The molecule has 0 bridgehead atoms. The third-order valence-electron chi connectivity index (χ3n) is 6.91. The summed E-state index contributed by atoms with van der Waals surface area (Å²) in [6, 6.07) is 15.4. The first kappa shape index (κ1) is 20.4. The maximum atomic E-state index is 13.3. The Bertz CT molecular complexity index is 1090. The molecule has 2 aromatic rings. The molecule has 31 heavy (non-hydrogen) atoms. The van der Waals surface area contributed by atoms with Crippen molar-refractivity contribution >= 4 is 21.6 Å². The molecule has 1 aliphatic carbocycles. The number of hydrogen-bond acceptors (Lipinski definition) is 4. The average Bonchev–Trinajstić information content (AvgIpc) is 3.34. The van der Waals surface area contributed by atoms with Gasteiger partial charge in [0.05, 0.1) is 11.9 Å². The first-order valence-electron chi connectivity index (χ1n) is 11.0. The van der Waals surface area contributed by atoms with Gasteiger partial charge in [0.1, 0.15) is 11.9 Å². The van der Waals surface area contributed by atoms with Crippen molar-refractivity contribution in [1.29, 1.82) is 0 Å². The molecule has 164 valence electrons. The zero-order valence-corrected chi connectivity index (χ0v) is 18.6. The van der Waals surface area contributed by atoms with Crippen molar-refractivity contribution in [3.05, 3.63) is 59.7 Å². The molecule has 2 aromatic carbocycles. The lowest BCUT2D eigenvalue weighted by molar-refractivity contribution is 0.0762. The van der Waals surface area contributed by atoms with Crippen molar-refractivity contribution in [2.45, 2.75) is 31.8 Å². The minimum atomic E-state index is -3.31. The summed E-state index contributed by atoms with van der Waals surface area (Å²) in [7, 11) is -3.31. The average molecular weight is 441 g/mol. The molecule has 0 radical (unpaired) electrons. The number of benzene rings is 2. The van der Waals surface area contributed by atoms with Crippen LogP contribution in [0.3, 0.4) is 0 Å². The van der Waals surface area contributed by atoms with E-state index in [1.807, 2.05) is 41.3 Å². The molecule has 0 N–H and O–H groups in total. The number of fused-ring (bicyclic) bond motifs is 2. The van der Waals surface area contributed by atoms with Gasteiger partial charge in [0.25, 0.3) is 5.91 Å². The lowest BCUT2D eigenvalue weighted by atomic mass is 9.99. The summed E-state index contributed by atoms with van der Waals surface area (Å²) >= 11 is 0.